The Morgan fingerprint density at radius 2 is 2.11 bits per heavy atom. The first-order chi connectivity index (χ1) is 13.0. The smallest absolute Gasteiger partial charge is 0.322 e. The van der Waals surface area contributed by atoms with Gasteiger partial charge in [-0.3, -0.25) is 0 Å². The Balaban J connectivity index is 1.71. The van der Waals surface area contributed by atoms with Gasteiger partial charge in [0.1, 0.15) is 0 Å². The van der Waals surface area contributed by atoms with E-state index in [0.717, 1.165) is 18.4 Å². The summed E-state index contributed by atoms with van der Waals surface area (Å²) in [5, 5.41) is 12.5. The van der Waals surface area contributed by atoms with Gasteiger partial charge >= 0.3 is 6.03 Å². The quantitative estimate of drug-likeness (QED) is 0.655. The average molecular weight is 394 g/mol. The van der Waals surface area contributed by atoms with E-state index in [1.54, 1.807) is 35.2 Å². The largest absolute Gasteiger partial charge is 0.504 e. The zero-order chi connectivity index (χ0) is 19.4. The van der Waals surface area contributed by atoms with Crippen LogP contribution in [0.5, 0.6) is 11.5 Å². The number of aromatic hydroxyl groups is 1. The van der Waals surface area contributed by atoms with E-state index >= 15 is 0 Å². The first-order valence-corrected chi connectivity index (χ1v) is 9.32. The molecule has 1 fully saturated rings. The SMILES string of the molecule is COc1cc(CN(C(=O)Nc2cccc(SC(F)F)c2)C2CC2)ccc1O. The number of anilines is 1. The highest BCUT2D eigenvalue weighted by Crippen LogP contribution is 2.32. The van der Waals surface area contributed by atoms with Crippen LogP contribution in [-0.4, -0.2) is 34.9 Å². The van der Waals surface area contributed by atoms with Crippen LogP contribution in [0.25, 0.3) is 0 Å². The number of phenols is 1. The Bertz CT molecular complexity index is 815. The number of phenolic OH excluding ortho intramolecular Hbond substituents is 1. The topological polar surface area (TPSA) is 61.8 Å². The summed E-state index contributed by atoms with van der Waals surface area (Å²) in [6.07, 6.45) is 1.84. The third kappa shape index (κ3) is 5.26. The molecular weight excluding hydrogens is 374 g/mol. The normalized spacial score (nSPS) is 13.5. The number of carbonyl (C=O) groups is 1. The highest BCUT2D eigenvalue weighted by molar-refractivity contribution is 7.99. The van der Waals surface area contributed by atoms with Crippen molar-refractivity contribution < 1.29 is 23.4 Å². The number of halogens is 2. The van der Waals surface area contributed by atoms with Crippen LogP contribution in [0.2, 0.25) is 0 Å². The summed E-state index contributed by atoms with van der Waals surface area (Å²) in [7, 11) is 1.47. The van der Waals surface area contributed by atoms with E-state index in [1.165, 1.54) is 19.2 Å². The fraction of sp³-hybridized carbons (Fsp3) is 0.316. The minimum absolute atomic E-state index is 0.0389. The summed E-state index contributed by atoms with van der Waals surface area (Å²) in [5.74, 6) is -2.12. The van der Waals surface area contributed by atoms with Crippen molar-refractivity contribution in [2.45, 2.75) is 36.1 Å². The molecular formula is C19H20F2N2O3S. The number of hydrogen-bond donors (Lipinski definition) is 2. The Hall–Kier alpha value is -2.48. The van der Waals surface area contributed by atoms with Crippen molar-refractivity contribution in [2.24, 2.45) is 0 Å². The lowest BCUT2D eigenvalue weighted by molar-refractivity contribution is 0.206. The van der Waals surface area contributed by atoms with E-state index in [2.05, 4.69) is 5.32 Å². The Labute approximate surface area is 160 Å². The first-order valence-electron chi connectivity index (χ1n) is 8.44. The van der Waals surface area contributed by atoms with E-state index in [1.807, 2.05) is 0 Å². The number of benzene rings is 2. The molecule has 0 radical (unpaired) electrons. The van der Waals surface area contributed by atoms with Gasteiger partial charge in [-0.15, -0.1) is 0 Å². The number of rotatable bonds is 7. The molecule has 2 amide bonds. The van der Waals surface area contributed by atoms with Gasteiger partial charge in [0.2, 0.25) is 0 Å². The lowest BCUT2D eigenvalue weighted by Gasteiger charge is -2.23. The van der Waals surface area contributed by atoms with Crippen LogP contribution in [0.3, 0.4) is 0 Å². The molecule has 0 unspecified atom stereocenters. The number of nitrogens with zero attached hydrogens (tertiary/aromatic N) is 1. The fourth-order valence-corrected chi connectivity index (χ4v) is 3.27. The van der Waals surface area contributed by atoms with Crippen LogP contribution in [0.4, 0.5) is 19.3 Å². The molecule has 5 nitrogen and oxygen atoms in total. The molecule has 2 aromatic rings. The number of nitrogens with one attached hydrogen (secondary N) is 1. The highest BCUT2D eigenvalue weighted by Gasteiger charge is 2.32. The van der Waals surface area contributed by atoms with Crippen LogP contribution in [0.1, 0.15) is 18.4 Å². The van der Waals surface area contributed by atoms with Crippen molar-refractivity contribution in [2.75, 3.05) is 12.4 Å². The first kappa shape index (κ1) is 19.3. The van der Waals surface area contributed by atoms with E-state index < -0.39 is 5.76 Å². The fourth-order valence-electron chi connectivity index (χ4n) is 2.72. The predicted molar refractivity (Wildman–Crippen MR) is 101 cm³/mol. The Morgan fingerprint density at radius 3 is 2.78 bits per heavy atom. The molecule has 2 aromatic carbocycles. The van der Waals surface area contributed by atoms with Crippen LogP contribution in [0.15, 0.2) is 47.4 Å². The number of carbonyl (C=O) groups excluding carboxylic acids is 1. The summed E-state index contributed by atoms with van der Waals surface area (Å²) in [6.45, 7) is 0.360. The van der Waals surface area contributed by atoms with Crippen LogP contribution in [0, 0.1) is 0 Å². The maximum Gasteiger partial charge on any atom is 0.322 e. The Morgan fingerprint density at radius 1 is 1.33 bits per heavy atom. The summed E-state index contributed by atoms with van der Waals surface area (Å²) in [4.78, 5) is 14.8. The lowest BCUT2D eigenvalue weighted by atomic mass is 10.2. The molecule has 3 rings (SSSR count). The number of alkyl halides is 2. The number of ether oxygens (including phenoxy) is 1. The highest BCUT2D eigenvalue weighted by atomic mass is 32.2. The molecule has 0 spiro atoms. The summed E-state index contributed by atoms with van der Waals surface area (Å²) >= 11 is 0.439. The van der Waals surface area contributed by atoms with E-state index in [0.29, 0.717) is 34.6 Å². The average Bonchev–Trinajstić information content (AvgIpc) is 3.45. The third-order valence-electron chi connectivity index (χ3n) is 4.16. The summed E-state index contributed by atoms with van der Waals surface area (Å²) in [6, 6.07) is 11.2. The molecule has 27 heavy (non-hydrogen) atoms. The molecule has 0 atom stereocenters. The molecule has 0 aromatic heterocycles. The van der Waals surface area contributed by atoms with Crippen molar-refractivity contribution in [1.82, 2.24) is 4.90 Å². The number of amides is 2. The Kier molecular flexibility index (Phi) is 6.05. The van der Waals surface area contributed by atoms with Crippen molar-refractivity contribution >= 4 is 23.5 Å². The van der Waals surface area contributed by atoms with Crippen LogP contribution >= 0.6 is 11.8 Å². The number of thioether (sulfide) groups is 1. The standard InChI is InChI=1S/C19H20F2N2O3S/c1-26-17-9-12(5-8-16(17)24)11-23(14-6-7-14)19(25)22-13-3-2-4-15(10-13)27-18(20)21/h2-5,8-10,14,18,24H,6-7,11H2,1H3,(H,22,25). The van der Waals surface area contributed by atoms with E-state index in [4.69, 9.17) is 4.74 Å². The summed E-state index contributed by atoms with van der Waals surface area (Å²) < 4.78 is 30.2. The molecule has 2 N–H and O–H groups in total. The van der Waals surface area contributed by atoms with Gasteiger partial charge < -0.3 is 20.1 Å². The lowest BCUT2D eigenvalue weighted by Crippen LogP contribution is -2.36. The zero-order valence-corrected chi connectivity index (χ0v) is 15.5. The van der Waals surface area contributed by atoms with E-state index in [9.17, 15) is 18.7 Å². The monoisotopic (exact) mass is 394 g/mol. The van der Waals surface area contributed by atoms with Crippen molar-refractivity contribution in [3.05, 3.63) is 48.0 Å². The van der Waals surface area contributed by atoms with Crippen molar-refractivity contribution in [1.29, 1.82) is 0 Å². The molecule has 0 bridgehead atoms. The molecule has 1 aliphatic rings. The van der Waals surface area contributed by atoms with Gasteiger partial charge in [0.15, 0.2) is 11.5 Å². The molecule has 1 saturated carbocycles. The van der Waals surface area contributed by atoms with Crippen LogP contribution < -0.4 is 10.1 Å². The second-order valence-corrected chi connectivity index (χ2v) is 7.27. The van der Waals surface area contributed by atoms with Crippen LogP contribution in [-0.2, 0) is 6.54 Å². The maximum absolute atomic E-state index is 12.7. The molecule has 1 aliphatic carbocycles. The van der Waals surface area contributed by atoms with Gasteiger partial charge in [-0.1, -0.05) is 23.9 Å². The third-order valence-corrected chi connectivity index (χ3v) is 4.86. The second-order valence-electron chi connectivity index (χ2n) is 6.20. The molecule has 144 valence electrons. The molecule has 0 aliphatic heterocycles. The number of methoxy groups -OCH3 is 1. The number of urea groups is 1. The van der Waals surface area contributed by atoms with Gasteiger partial charge in [-0.2, -0.15) is 8.78 Å². The van der Waals surface area contributed by atoms with Crippen molar-refractivity contribution in [3.8, 4) is 11.5 Å². The molecule has 0 heterocycles. The zero-order valence-electron chi connectivity index (χ0n) is 14.7. The minimum Gasteiger partial charge on any atom is -0.504 e. The maximum atomic E-state index is 12.7. The number of hydrogen-bond acceptors (Lipinski definition) is 4. The second kappa shape index (κ2) is 8.47. The minimum atomic E-state index is -2.51. The van der Waals surface area contributed by atoms with Crippen molar-refractivity contribution in [3.63, 3.8) is 0 Å². The van der Waals surface area contributed by atoms with E-state index in [-0.39, 0.29) is 17.8 Å². The van der Waals surface area contributed by atoms with Gasteiger partial charge in [0.05, 0.1) is 7.11 Å². The van der Waals surface area contributed by atoms with Gasteiger partial charge in [-0.25, -0.2) is 4.79 Å². The predicted octanol–water partition coefficient (Wildman–Crippen LogP) is 4.91. The molecule has 8 heteroatoms. The van der Waals surface area contributed by atoms with Gasteiger partial charge in [-0.05, 0) is 48.7 Å². The summed E-state index contributed by atoms with van der Waals surface area (Å²) in [5.41, 5.74) is 1.30. The van der Waals surface area contributed by atoms with Gasteiger partial charge in [0, 0.05) is 23.2 Å². The molecule has 0 saturated heterocycles. The van der Waals surface area contributed by atoms with Gasteiger partial charge in [0.25, 0.3) is 5.76 Å².